The molecule has 1 saturated heterocycles. The zero-order chi connectivity index (χ0) is 16.8. The lowest BCUT2D eigenvalue weighted by atomic mass is 10.00. The van der Waals surface area contributed by atoms with E-state index in [1.54, 1.807) is 12.1 Å². The number of anilines is 1. The maximum atomic E-state index is 12.8. The SMILES string of the molecule is CCCCN1CCCCC1C(=O)Nc1c(C)cc(SF)cc1C. The fourth-order valence-corrected chi connectivity index (χ4v) is 3.73. The number of halogens is 1. The van der Waals surface area contributed by atoms with Gasteiger partial charge in [0, 0.05) is 10.6 Å². The van der Waals surface area contributed by atoms with Gasteiger partial charge in [-0.15, -0.1) is 0 Å². The molecule has 128 valence electrons. The zero-order valence-corrected chi connectivity index (χ0v) is 15.1. The minimum Gasteiger partial charge on any atom is -0.324 e. The Balaban J connectivity index is 2.11. The van der Waals surface area contributed by atoms with Crippen molar-refractivity contribution in [1.29, 1.82) is 0 Å². The van der Waals surface area contributed by atoms with Crippen LogP contribution in [-0.2, 0) is 4.79 Å². The third-order valence-corrected chi connectivity index (χ3v) is 4.97. The highest BCUT2D eigenvalue weighted by Gasteiger charge is 2.28. The average Bonchev–Trinajstić information content (AvgIpc) is 2.56. The van der Waals surface area contributed by atoms with E-state index in [0.29, 0.717) is 4.90 Å². The first-order chi connectivity index (χ1) is 11.1. The monoisotopic (exact) mass is 338 g/mol. The highest BCUT2D eigenvalue weighted by Crippen LogP contribution is 2.29. The van der Waals surface area contributed by atoms with Crippen molar-refractivity contribution in [3.05, 3.63) is 23.3 Å². The lowest BCUT2D eigenvalue weighted by molar-refractivity contribution is -0.122. The molecule has 5 heteroatoms. The van der Waals surface area contributed by atoms with Crippen LogP contribution in [0.5, 0.6) is 0 Å². The van der Waals surface area contributed by atoms with Gasteiger partial charge in [-0.3, -0.25) is 9.69 Å². The van der Waals surface area contributed by atoms with Gasteiger partial charge >= 0.3 is 0 Å². The number of nitrogens with zero attached hydrogens (tertiary/aromatic N) is 1. The van der Waals surface area contributed by atoms with Crippen molar-refractivity contribution in [2.24, 2.45) is 0 Å². The van der Waals surface area contributed by atoms with Crippen LogP contribution in [0.4, 0.5) is 9.57 Å². The van der Waals surface area contributed by atoms with Gasteiger partial charge in [-0.2, -0.15) is 3.89 Å². The van der Waals surface area contributed by atoms with E-state index in [9.17, 15) is 8.68 Å². The molecule has 1 N–H and O–H groups in total. The fraction of sp³-hybridized carbons (Fsp3) is 0.611. The van der Waals surface area contributed by atoms with Crippen molar-refractivity contribution < 1.29 is 8.68 Å². The maximum absolute atomic E-state index is 12.8. The van der Waals surface area contributed by atoms with Crippen LogP contribution in [0.25, 0.3) is 0 Å². The molecule has 1 aromatic carbocycles. The number of carbonyl (C=O) groups is 1. The summed E-state index contributed by atoms with van der Waals surface area (Å²) < 4.78 is 12.8. The molecule has 3 nitrogen and oxygen atoms in total. The topological polar surface area (TPSA) is 32.3 Å². The Morgan fingerprint density at radius 3 is 2.65 bits per heavy atom. The Kier molecular flexibility index (Phi) is 6.90. The van der Waals surface area contributed by atoms with E-state index in [2.05, 4.69) is 17.1 Å². The number of aryl methyl sites for hydroxylation is 2. The Morgan fingerprint density at radius 1 is 1.35 bits per heavy atom. The number of likely N-dealkylation sites (tertiary alicyclic amines) is 1. The summed E-state index contributed by atoms with van der Waals surface area (Å²) in [7, 11) is 0. The molecule has 1 unspecified atom stereocenters. The van der Waals surface area contributed by atoms with Crippen molar-refractivity contribution in [3.8, 4) is 0 Å². The number of hydrogen-bond acceptors (Lipinski definition) is 3. The molecule has 0 bridgehead atoms. The zero-order valence-electron chi connectivity index (χ0n) is 14.3. The molecule has 1 aromatic rings. The molecular formula is C18H27FN2OS. The normalized spacial score (nSPS) is 18.9. The first-order valence-corrected chi connectivity index (χ1v) is 9.23. The summed E-state index contributed by atoms with van der Waals surface area (Å²) in [5.41, 5.74) is 2.65. The molecule has 1 heterocycles. The molecule has 1 amide bonds. The highest BCUT2D eigenvalue weighted by molar-refractivity contribution is 7.94. The van der Waals surface area contributed by atoms with Gasteiger partial charge in [-0.1, -0.05) is 19.8 Å². The molecular weight excluding hydrogens is 311 g/mol. The van der Waals surface area contributed by atoms with Crippen molar-refractivity contribution in [3.63, 3.8) is 0 Å². The summed E-state index contributed by atoms with van der Waals surface area (Å²) in [6.07, 6.45) is 5.48. The van der Waals surface area contributed by atoms with Crippen molar-refractivity contribution in [1.82, 2.24) is 4.90 Å². The largest absolute Gasteiger partial charge is 0.324 e. The molecule has 1 fully saturated rings. The lowest BCUT2D eigenvalue weighted by Crippen LogP contribution is -2.47. The van der Waals surface area contributed by atoms with E-state index in [1.165, 1.54) is 6.42 Å². The van der Waals surface area contributed by atoms with Crippen LogP contribution in [0.3, 0.4) is 0 Å². The molecule has 1 aliphatic rings. The van der Waals surface area contributed by atoms with Crippen LogP contribution in [0.15, 0.2) is 17.0 Å². The van der Waals surface area contributed by atoms with Crippen molar-refractivity contribution in [2.75, 3.05) is 18.4 Å². The summed E-state index contributed by atoms with van der Waals surface area (Å²) >= 11 is 0.241. The van der Waals surface area contributed by atoms with E-state index in [4.69, 9.17) is 0 Å². The lowest BCUT2D eigenvalue weighted by Gasteiger charge is -2.34. The molecule has 0 aliphatic carbocycles. The van der Waals surface area contributed by atoms with Gasteiger partial charge in [0.15, 0.2) is 0 Å². The molecule has 1 atom stereocenters. The summed E-state index contributed by atoms with van der Waals surface area (Å²) in [4.78, 5) is 15.7. The van der Waals surface area contributed by atoms with E-state index >= 15 is 0 Å². The number of amides is 1. The standard InChI is InChI=1S/C18H27FN2OS/c1-4-5-9-21-10-7-6-8-16(21)18(22)20-17-13(2)11-15(23-19)12-14(17)3/h11-12,16H,4-10H2,1-3H3,(H,20,22). The summed E-state index contributed by atoms with van der Waals surface area (Å²) in [5, 5.41) is 3.09. The van der Waals surface area contributed by atoms with E-state index in [1.807, 2.05) is 13.8 Å². The number of unbranched alkanes of at least 4 members (excludes halogenated alkanes) is 1. The van der Waals surface area contributed by atoms with Gasteiger partial charge in [0.1, 0.15) is 0 Å². The summed E-state index contributed by atoms with van der Waals surface area (Å²) in [6, 6.07) is 3.52. The first kappa shape index (κ1) is 18.3. The van der Waals surface area contributed by atoms with Crippen LogP contribution in [-0.4, -0.2) is 29.9 Å². The average molecular weight is 338 g/mol. The Bertz CT molecular complexity index is 527. The number of carbonyl (C=O) groups excluding carboxylic acids is 1. The summed E-state index contributed by atoms with van der Waals surface area (Å²) in [6.45, 7) is 8.00. The quantitative estimate of drug-likeness (QED) is 0.803. The second-order valence-corrected chi connectivity index (χ2v) is 7.03. The number of rotatable bonds is 6. The van der Waals surface area contributed by atoms with Gasteiger partial charge in [0.05, 0.1) is 18.2 Å². The number of hydrogen-bond donors (Lipinski definition) is 1. The number of piperidine rings is 1. The van der Waals surface area contributed by atoms with Gasteiger partial charge in [0.2, 0.25) is 5.91 Å². The van der Waals surface area contributed by atoms with E-state index < -0.39 is 0 Å². The molecule has 2 rings (SSSR count). The minimum atomic E-state index is -0.0377. The maximum Gasteiger partial charge on any atom is 0.241 e. The number of benzene rings is 1. The minimum absolute atomic E-state index is 0.0377. The van der Waals surface area contributed by atoms with Crippen LogP contribution < -0.4 is 5.32 Å². The Morgan fingerprint density at radius 2 is 2.04 bits per heavy atom. The van der Waals surface area contributed by atoms with Crippen LogP contribution in [0.1, 0.15) is 50.2 Å². The Hall–Kier alpha value is -1.07. The van der Waals surface area contributed by atoms with Crippen LogP contribution >= 0.6 is 12.1 Å². The van der Waals surface area contributed by atoms with Gasteiger partial charge in [-0.25, -0.2) is 0 Å². The third-order valence-electron chi connectivity index (χ3n) is 4.56. The third kappa shape index (κ3) is 4.70. The first-order valence-electron chi connectivity index (χ1n) is 8.51. The van der Waals surface area contributed by atoms with Gasteiger partial charge in [0.25, 0.3) is 0 Å². The molecule has 0 radical (unpaired) electrons. The highest BCUT2D eigenvalue weighted by atomic mass is 32.2. The van der Waals surface area contributed by atoms with Crippen molar-refractivity contribution in [2.45, 2.75) is 63.8 Å². The Labute approximate surface area is 143 Å². The van der Waals surface area contributed by atoms with Crippen LogP contribution in [0.2, 0.25) is 0 Å². The molecule has 0 saturated carbocycles. The molecule has 0 aromatic heterocycles. The van der Waals surface area contributed by atoms with E-state index in [0.717, 1.165) is 55.6 Å². The summed E-state index contributed by atoms with van der Waals surface area (Å²) in [5.74, 6) is 0.0765. The van der Waals surface area contributed by atoms with Crippen molar-refractivity contribution >= 4 is 23.7 Å². The molecule has 23 heavy (non-hydrogen) atoms. The second kappa shape index (κ2) is 8.69. The fourth-order valence-electron chi connectivity index (χ4n) is 3.29. The van der Waals surface area contributed by atoms with E-state index in [-0.39, 0.29) is 24.1 Å². The van der Waals surface area contributed by atoms with Gasteiger partial charge < -0.3 is 5.32 Å². The second-order valence-electron chi connectivity index (χ2n) is 6.40. The predicted molar refractivity (Wildman–Crippen MR) is 95.6 cm³/mol. The van der Waals surface area contributed by atoms with Gasteiger partial charge in [-0.05, 0) is 69.5 Å². The predicted octanol–water partition coefficient (Wildman–Crippen LogP) is 4.87. The number of nitrogens with one attached hydrogen (secondary N) is 1. The molecule has 0 spiro atoms. The smallest absolute Gasteiger partial charge is 0.241 e. The molecule has 1 aliphatic heterocycles. The van der Waals surface area contributed by atoms with Crippen LogP contribution in [0, 0.1) is 13.8 Å².